The second kappa shape index (κ2) is 13.1. The van der Waals surface area contributed by atoms with Crippen molar-refractivity contribution in [3.05, 3.63) is 65.7 Å². The van der Waals surface area contributed by atoms with E-state index in [1.165, 1.54) is 19.1 Å². The van der Waals surface area contributed by atoms with Gasteiger partial charge in [-0.15, -0.1) is 0 Å². The van der Waals surface area contributed by atoms with Crippen molar-refractivity contribution in [2.45, 2.75) is 92.2 Å². The Kier molecular flexibility index (Phi) is 9.52. The Morgan fingerprint density at radius 1 is 0.935 bits per heavy atom. The minimum atomic E-state index is -4.29. The molecule has 6 rings (SSSR count). The molecule has 0 amide bonds. The number of fused-ring (bicyclic) bond motifs is 2. The molecule has 0 bridgehead atoms. The van der Waals surface area contributed by atoms with E-state index in [0.717, 1.165) is 12.7 Å². The summed E-state index contributed by atoms with van der Waals surface area (Å²) in [6, 6.07) is 15.0. The van der Waals surface area contributed by atoms with Gasteiger partial charge in [-0.25, -0.2) is 4.79 Å². The first-order chi connectivity index (χ1) is 21.9. The van der Waals surface area contributed by atoms with E-state index in [-0.39, 0.29) is 11.5 Å². The number of carbonyl (C=O) groups is 1. The zero-order chi connectivity index (χ0) is 32.8. The molecule has 0 spiro atoms. The predicted octanol–water partition coefficient (Wildman–Crippen LogP) is 0.0368. The Hall–Kier alpha value is -2.58. The third-order valence-corrected chi connectivity index (χ3v) is 9.56. The molecule has 4 fully saturated rings. The van der Waals surface area contributed by atoms with Crippen molar-refractivity contribution < 1.29 is 70.6 Å². The van der Waals surface area contributed by atoms with Gasteiger partial charge < -0.3 is 53.2 Å². The zero-order valence-electron chi connectivity index (χ0n) is 25.1. The van der Waals surface area contributed by atoms with Gasteiger partial charge in [-0.2, -0.15) is 8.42 Å². The molecule has 0 aliphatic carbocycles. The number of hydrogen-bond donors (Lipinski definition) is 3. The van der Waals surface area contributed by atoms with Crippen LogP contribution in [-0.4, -0.2) is 117 Å². The summed E-state index contributed by atoms with van der Waals surface area (Å²) >= 11 is 0. The van der Waals surface area contributed by atoms with E-state index in [4.69, 9.17) is 42.1 Å². The normalized spacial score (nSPS) is 39.3. The van der Waals surface area contributed by atoms with Gasteiger partial charge >= 0.3 is 5.97 Å². The molecular weight excluding hydrogens is 632 g/mol. The summed E-state index contributed by atoms with van der Waals surface area (Å²) in [5.41, 5.74) is 1.54. The van der Waals surface area contributed by atoms with Crippen LogP contribution in [0.2, 0.25) is 0 Å². The molecule has 3 N–H and O–H groups in total. The molecule has 252 valence electrons. The first-order valence-corrected chi connectivity index (χ1v) is 16.0. The first-order valence-electron chi connectivity index (χ1n) is 14.6. The molecule has 16 heteroatoms. The fourth-order valence-electron chi connectivity index (χ4n) is 5.76. The number of aliphatic hydroxyl groups is 3. The summed E-state index contributed by atoms with van der Waals surface area (Å²) < 4.78 is 76.9. The molecule has 4 aliphatic rings. The quantitative estimate of drug-likeness (QED) is 0.252. The van der Waals surface area contributed by atoms with E-state index in [9.17, 15) is 28.5 Å². The minimum absolute atomic E-state index is 0.0297. The van der Waals surface area contributed by atoms with Gasteiger partial charge in [0.15, 0.2) is 18.9 Å². The number of aliphatic hydroxyl groups excluding tert-OH is 3. The number of carbonyl (C=O) groups excluding carboxylic acids is 1. The maximum atomic E-state index is 13.0. The Morgan fingerprint density at radius 2 is 1.65 bits per heavy atom. The highest BCUT2D eigenvalue weighted by atomic mass is 32.2. The van der Waals surface area contributed by atoms with Crippen LogP contribution in [0.15, 0.2) is 59.5 Å². The summed E-state index contributed by atoms with van der Waals surface area (Å²) in [5, 5.41) is 33.5. The second-order valence-electron chi connectivity index (χ2n) is 11.5. The topological polar surface area (TPSA) is 195 Å². The summed E-state index contributed by atoms with van der Waals surface area (Å²) in [5.74, 6) is -2.87. The highest BCUT2D eigenvalue weighted by Crippen LogP contribution is 2.40. The molecule has 4 heterocycles. The molecule has 46 heavy (non-hydrogen) atoms. The SMILES string of the molecule is COC(=O)C1(C)OC2C(O)[C@H](O[C@@H]3OC4COC(c5ccccc5)O[C@@H]4[C@H](O)C3O)[C@H](COS(=O)(=O)c3ccc(C)cc3)O[C@@H]2O1. The van der Waals surface area contributed by atoms with Crippen molar-refractivity contribution in [2.75, 3.05) is 20.3 Å². The fraction of sp³-hybridized carbons (Fsp3) is 0.567. The largest absolute Gasteiger partial charge is 0.465 e. The predicted molar refractivity (Wildman–Crippen MR) is 151 cm³/mol. The molecule has 4 saturated heterocycles. The van der Waals surface area contributed by atoms with Crippen LogP contribution in [0.3, 0.4) is 0 Å². The van der Waals surface area contributed by atoms with Gasteiger partial charge in [0.05, 0.1) is 25.2 Å². The summed E-state index contributed by atoms with van der Waals surface area (Å²) in [4.78, 5) is 12.3. The van der Waals surface area contributed by atoms with Crippen molar-refractivity contribution >= 4 is 16.1 Å². The smallest absolute Gasteiger partial charge is 0.366 e. The first kappa shape index (κ1) is 33.3. The van der Waals surface area contributed by atoms with Crippen LogP contribution < -0.4 is 0 Å². The lowest BCUT2D eigenvalue weighted by Crippen LogP contribution is -2.65. The van der Waals surface area contributed by atoms with Crippen LogP contribution in [0.5, 0.6) is 0 Å². The van der Waals surface area contributed by atoms with Crippen LogP contribution in [0.4, 0.5) is 0 Å². The maximum absolute atomic E-state index is 13.0. The fourth-order valence-corrected chi connectivity index (χ4v) is 6.68. The van der Waals surface area contributed by atoms with E-state index >= 15 is 0 Å². The second-order valence-corrected chi connectivity index (χ2v) is 13.1. The lowest BCUT2D eigenvalue weighted by atomic mass is 9.96. The van der Waals surface area contributed by atoms with Crippen LogP contribution in [0.1, 0.15) is 24.3 Å². The standard InChI is InChI=1S/C30H36O15S/c1-15-9-11-17(12-10-15)46(35,36)39-14-19-24(22(33)25-28(41-19)45-30(2,44-25)29(34)37-3)43-27-21(32)20(31)23-18(40-27)13-38-26(42-23)16-7-5-4-6-8-16/h4-12,18-28,31-33H,13-14H2,1-3H3/t18?,19-,20+,21?,22?,23-,24+,25?,26?,27-,28+,30?/m0/s1. The van der Waals surface area contributed by atoms with E-state index in [0.29, 0.717) is 5.56 Å². The van der Waals surface area contributed by atoms with E-state index in [2.05, 4.69) is 0 Å². The average molecular weight is 669 g/mol. The van der Waals surface area contributed by atoms with Crippen LogP contribution >= 0.6 is 0 Å². The Bertz CT molecular complexity index is 1470. The summed E-state index contributed by atoms with van der Waals surface area (Å²) in [6.07, 6.45) is -14.6. The molecule has 4 aliphatic heterocycles. The number of methoxy groups -OCH3 is 1. The molecule has 0 saturated carbocycles. The van der Waals surface area contributed by atoms with Gasteiger partial charge in [-0.1, -0.05) is 48.0 Å². The molecule has 0 aromatic heterocycles. The van der Waals surface area contributed by atoms with Gasteiger partial charge in [-0.3, -0.25) is 4.18 Å². The van der Waals surface area contributed by atoms with E-state index in [1.54, 1.807) is 31.2 Å². The van der Waals surface area contributed by atoms with Crippen molar-refractivity contribution in [2.24, 2.45) is 0 Å². The number of esters is 1. The summed E-state index contributed by atoms with van der Waals surface area (Å²) in [6.45, 7) is 2.36. The van der Waals surface area contributed by atoms with E-state index in [1.807, 2.05) is 18.2 Å². The number of aryl methyl sites for hydroxylation is 1. The molecule has 2 aromatic rings. The van der Waals surface area contributed by atoms with Crippen LogP contribution in [0.25, 0.3) is 0 Å². The van der Waals surface area contributed by atoms with Crippen molar-refractivity contribution in [1.29, 1.82) is 0 Å². The lowest BCUT2D eigenvalue weighted by Gasteiger charge is -2.48. The number of hydrogen-bond acceptors (Lipinski definition) is 15. The zero-order valence-corrected chi connectivity index (χ0v) is 25.9. The van der Waals surface area contributed by atoms with Gasteiger partial charge in [0.2, 0.25) is 0 Å². The molecule has 6 unspecified atom stereocenters. The highest BCUT2D eigenvalue weighted by molar-refractivity contribution is 7.86. The Balaban J connectivity index is 1.20. The molecule has 12 atom stereocenters. The third-order valence-electron chi connectivity index (χ3n) is 8.27. The van der Waals surface area contributed by atoms with Crippen molar-refractivity contribution in [1.82, 2.24) is 0 Å². The molecule has 15 nitrogen and oxygen atoms in total. The molecule has 0 radical (unpaired) electrons. The van der Waals surface area contributed by atoms with Crippen LogP contribution in [-0.2, 0) is 57.0 Å². The molecular formula is C30H36O15S. The number of benzene rings is 2. The van der Waals surface area contributed by atoms with Crippen molar-refractivity contribution in [3.63, 3.8) is 0 Å². The van der Waals surface area contributed by atoms with Gasteiger partial charge in [0.25, 0.3) is 15.9 Å². The number of ether oxygens (including phenoxy) is 8. The van der Waals surface area contributed by atoms with Gasteiger partial charge in [0, 0.05) is 12.5 Å². The third kappa shape index (κ3) is 6.45. The number of rotatable bonds is 8. The van der Waals surface area contributed by atoms with Gasteiger partial charge in [0.1, 0.15) is 48.8 Å². The monoisotopic (exact) mass is 668 g/mol. The average Bonchev–Trinajstić information content (AvgIpc) is 3.41. The maximum Gasteiger partial charge on any atom is 0.366 e. The summed E-state index contributed by atoms with van der Waals surface area (Å²) in [7, 11) is -3.17. The Morgan fingerprint density at radius 3 is 2.35 bits per heavy atom. The van der Waals surface area contributed by atoms with Gasteiger partial charge in [-0.05, 0) is 19.1 Å². The Labute approximate surface area is 264 Å². The lowest BCUT2D eigenvalue weighted by molar-refractivity contribution is -0.380. The van der Waals surface area contributed by atoms with Crippen LogP contribution in [0, 0.1) is 6.92 Å². The van der Waals surface area contributed by atoms with E-state index < -0.39 is 96.2 Å². The van der Waals surface area contributed by atoms with Crippen molar-refractivity contribution in [3.8, 4) is 0 Å². The highest BCUT2D eigenvalue weighted by Gasteiger charge is 2.60. The minimum Gasteiger partial charge on any atom is -0.465 e. The molecule has 2 aromatic carbocycles.